The summed E-state index contributed by atoms with van der Waals surface area (Å²) in [6.07, 6.45) is 5.15. The zero-order valence-corrected chi connectivity index (χ0v) is 20.5. The minimum absolute atomic E-state index is 0.0574. The number of carbonyl (C=O) groups is 2. The van der Waals surface area contributed by atoms with Crippen molar-refractivity contribution in [3.63, 3.8) is 0 Å². The summed E-state index contributed by atoms with van der Waals surface area (Å²) in [7, 11) is 0. The van der Waals surface area contributed by atoms with Gasteiger partial charge in [0.2, 0.25) is 11.8 Å². The number of ether oxygens (including phenoxy) is 5. The molecule has 0 aliphatic rings. The van der Waals surface area contributed by atoms with Crippen molar-refractivity contribution in [1.82, 2.24) is 10.6 Å². The van der Waals surface area contributed by atoms with E-state index in [-0.39, 0.29) is 24.3 Å². The zero-order valence-electron chi connectivity index (χ0n) is 20.5. The predicted molar refractivity (Wildman–Crippen MR) is 124 cm³/mol. The smallest absolute Gasteiger partial charge is 0.245 e. The van der Waals surface area contributed by atoms with Crippen LogP contribution in [0.5, 0.6) is 0 Å². The van der Waals surface area contributed by atoms with E-state index in [4.69, 9.17) is 23.7 Å². The van der Waals surface area contributed by atoms with E-state index in [1.54, 1.807) is 0 Å². The van der Waals surface area contributed by atoms with Crippen LogP contribution in [0.3, 0.4) is 0 Å². The van der Waals surface area contributed by atoms with Gasteiger partial charge < -0.3 is 34.3 Å². The molecule has 0 aromatic heterocycles. The molecule has 0 aromatic rings. The molecule has 9 nitrogen and oxygen atoms in total. The van der Waals surface area contributed by atoms with E-state index in [2.05, 4.69) is 24.5 Å². The van der Waals surface area contributed by atoms with Crippen LogP contribution < -0.4 is 10.6 Å². The number of amides is 2. The number of nitrogens with one attached hydrogen (secondary N) is 2. The molecule has 0 rings (SSSR count). The first-order valence-electron chi connectivity index (χ1n) is 12.1. The van der Waals surface area contributed by atoms with Crippen LogP contribution in [0.15, 0.2) is 0 Å². The number of unbranched alkanes of at least 4 members (excludes halogenated alkanes) is 1. The Bertz CT molecular complexity index is 439. The van der Waals surface area contributed by atoms with Crippen molar-refractivity contribution < 1.29 is 33.3 Å². The summed E-state index contributed by atoms with van der Waals surface area (Å²) in [5.74, 6) is 0.153. The normalized spacial score (nSPS) is 12.0. The molecule has 0 heterocycles. The van der Waals surface area contributed by atoms with E-state index in [0.29, 0.717) is 72.6 Å². The largest absolute Gasteiger partial charge is 0.377 e. The van der Waals surface area contributed by atoms with E-state index in [0.717, 1.165) is 32.1 Å². The van der Waals surface area contributed by atoms with Crippen LogP contribution in [-0.2, 0) is 33.3 Å². The van der Waals surface area contributed by atoms with Crippen LogP contribution in [0.4, 0.5) is 0 Å². The van der Waals surface area contributed by atoms with E-state index in [9.17, 15) is 9.59 Å². The van der Waals surface area contributed by atoms with Gasteiger partial charge in [-0.25, -0.2) is 0 Å². The van der Waals surface area contributed by atoms with E-state index >= 15 is 0 Å². The lowest BCUT2D eigenvalue weighted by molar-refractivity contribution is -0.126. The molecule has 0 saturated carbocycles. The summed E-state index contributed by atoms with van der Waals surface area (Å²) in [4.78, 5) is 23.4. The first kappa shape index (κ1) is 30.7. The Morgan fingerprint density at radius 3 is 1.69 bits per heavy atom. The Hall–Kier alpha value is -1.26. The predicted octanol–water partition coefficient (Wildman–Crippen LogP) is 1.93. The second kappa shape index (κ2) is 24.4. The highest BCUT2D eigenvalue weighted by Gasteiger charge is 2.16. The van der Waals surface area contributed by atoms with Gasteiger partial charge in [0, 0.05) is 19.0 Å². The molecule has 9 heteroatoms. The van der Waals surface area contributed by atoms with Crippen molar-refractivity contribution in [2.24, 2.45) is 5.92 Å². The second-order valence-electron chi connectivity index (χ2n) is 7.37. The van der Waals surface area contributed by atoms with Crippen molar-refractivity contribution in [1.29, 1.82) is 0 Å². The highest BCUT2D eigenvalue weighted by molar-refractivity contribution is 5.78. The van der Waals surface area contributed by atoms with E-state index in [1.807, 2.05) is 6.92 Å². The van der Waals surface area contributed by atoms with Gasteiger partial charge in [-0.3, -0.25) is 9.59 Å². The fourth-order valence-electron chi connectivity index (χ4n) is 2.89. The van der Waals surface area contributed by atoms with Gasteiger partial charge in [0.1, 0.15) is 6.61 Å². The fourth-order valence-corrected chi connectivity index (χ4v) is 2.89. The van der Waals surface area contributed by atoms with E-state index in [1.165, 1.54) is 0 Å². The Balaban J connectivity index is 3.32. The maximum Gasteiger partial charge on any atom is 0.245 e. The van der Waals surface area contributed by atoms with Crippen LogP contribution in [0, 0.1) is 5.92 Å². The quantitative estimate of drug-likeness (QED) is 0.211. The van der Waals surface area contributed by atoms with Crippen molar-refractivity contribution in [2.75, 3.05) is 79.2 Å². The summed E-state index contributed by atoms with van der Waals surface area (Å²) >= 11 is 0. The minimum Gasteiger partial charge on any atom is -0.377 e. The molecule has 32 heavy (non-hydrogen) atoms. The molecule has 0 aromatic carbocycles. The van der Waals surface area contributed by atoms with Gasteiger partial charge in [-0.15, -0.1) is 0 Å². The first-order chi connectivity index (χ1) is 15.7. The molecule has 190 valence electrons. The lowest BCUT2D eigenvalue weighted by Crippen LogP contribution is -2.33. The van der Waals surface area contributed by atoms with Crippen LogP contribution in [0.2, 0.25) is 0 Å². The standard InChI is InChI=1S/C23H46N2O7/c1-4-7-9-21(8-5-2)23(27)25-10-11-28-12-13-29-14-15-30-16-17-31-18-19-32-20-22(26)24-6-3/h21H,4-20H2,1-3H3,(H,24,26)(H,25,27). The van der Waals surface area contributed by atoms with Crippen LogP contribution in [0.25, 0.3) is 0 Å². The summed E-state index contributed by atoms with van der Waals surface area (Å²) < 4.78 is 26.9. The third kappa shape index (κ3) is 20.6. The summed E-state index contributed by atoms with van der Waals surface area (Å²) in [6.45, 7) is 11.5. The van der Waals surface area contributed by atoms with Crippen molar-refractivity contribution in [3.05, 3.63) is 0 Å². The van der Waals surface area contributed by atoms with Gasteiger partial charge >= 0.3 is 0 Å². The zero-order chi connectivity index (χ0) is 23.7. The molecule has 2 N–H and O–H groups in total. The molecule has 1 unspecified atom stereocenters. The molecule has 0 fully saturated rings. The number of rotatable bonds is 24. The van der Waals surface area contributed by atoms with Crippen molar-refractivity contribution in [2.45, 2.75) is 52.9 Å². The van der Waals surface area contributed by atoms with Crippen molar-refractivity contribution in [3.8, 4) is 0 Å². The minimum atomic E-state index is -0.119. The SMILES string of the molecule is CCCCC(CCC)C(=O)NCCOCCOCCOCCOCCOCC(=O)NCC. The topological polar surface area (TPSA) is 104 Å². The maximum atomic E-state index is 12.2. The summed E-state index contributed by atoms with van der Waals surface area (Å²) in [6, 6.07) is 0. The molecule has 0 saturated heterocycles. The van der Waals surface area contributed by atoms with E-state index < -0.39 is 0 Å². The molecule has 0 aliphatic heterocycles. The molecular formula is C23H46N2O7. The van der Waals surface area contributed by atoms with Gasteiger partial charge in [0.25, 0.3) is 0 Å². The molecule has 0 radical (unpaired) electrons. The number of likely N-dealkylation sites (N-methyl/N-ethyl adjacent to an activating group) is 1. The number of hydrogen-bond acceptors (Lipinski definition) is 7. The second-order valence-corrected chi connectivity index (χ2v) is 7.37. The molecule has 0 aliphatic carbocycles. The average Bonchev–Trinajstić information content (AvgIpc) is 2.78. The third-order valence-corrected chi connectivity index (χ3v) is 4.55. The van der Waals surface area contributed by atoms with Crippen LogP contribution >= 0.6 is 0 Å². The summed E-state index contributed by atoms with van der Waals surface area (Å²) in [5, 5.41) is 5.63. The first-order valence-corrected chi connectivity index (χ1v) is 12.1. The molecule has 2 amide bonds. The Morgan fingerprint density at radius 2 is 1.19 bits per heavy atom. The van der Waals surface area contributed by atoms with Crippen LogP contribution in [0.1, 0.15) is 52.9 Å². The van der Waals surface area contributed by atoms with Gasteiger partial charge in [0.05, 0.1) is 59.5 Å². The van der Waals surface area contributed by atoms with Gasteiger partial charge in [-0.2, -0.15) is 0 Å². The highest BCUT2D eigenvalue weighted by Crippen LogP contribution is 2.14. The van der Waals surface area contributed by atoms with Gasteiger partial charge in [0.15, 0.2) is 0 Å². The molecule has 0 bridgehead atoms. The molecular weight excluding hydrogens is 416 g/mol. The lowest BCUT2D eigenvalue weighted by Gasteiger charge is -2.15. The molecule has 0 spiro atoms. The lowest BCUT2D eigenvalue weighted by atomic mass is 9.96. The maximum absolute atomic E-state index is 12.2. The van der Waals surface area contributed by atoms with Crippen molar-refractivity contribution >= 4 is 11.8 Å². The monoisotopic (exact) mass is 462 g/mol. The Morgan fingerprint density at radius 1 is 0.656 bits per heavy atom. The van der Waals surface area contributed by atoms with Crippen LogP contribution in [-0.4, -0.2) is 91.0 Å². The summed E-state index contributed by atoms with van der Waals surface area (Å²) in [5.41, 5.74) is 0. The van der Waals surface area contributed by atoms with Gasteiger partial charge in [-0.1, -0.05) is 33.1 Å². The fraction of sp³-hybridized carbons (Fsp3) is 0.913. The third-order valence-electron chi connectivity index (χ3n) is 4.55. The molecule has 1 atom stereocenters. The number of hydrogen-bond donors (Lipinski definition) is 2. The highest BCUT2D eigenvalue weighted by atomic mass is 16.6. The number of carbonyl (C=O) groups excluding carboxylic acids is 2. The van der Waals surface area contributed by atoms with Gasteiger partial charge in [-0.05, 0) is 19.8 Å². The Kier molecular flexibility index (Phi) is 23.4. The average molecular weight is 463 g/mol. The Labute approximate surface area is 194 Å².